The maximum atomic E-state index is 12.9. The molecule has 0 aliphatic carbocycles. The van der Waals surface area contributed by atoms with Crippen LogP contribution in [0.1, 0.15) is 24.8 Å². The van der Waals surface area contributed by atoms with Gasteiger partial charge >= 0.3 is 17.9 Å². The number of nitrogens with one attached hydrogen (secondary N) is 3. The molecule has 0 saturated carbocycles. The van der Waals surface area contributed by atoms with Crippen LogP contribution < -0.4 is 21.7 Å². The van der Waals surface area contributed by atoms with Crippen molar-refractivity contribution in [3.63, 3.8) is 0 Å². The lowest BCUT2D eigenvalue weighted by Crippen LogP contribution is -2.57. The molecule has 0 bridgehead atoms. The number of amides is 3. The van der Waals surface area contributed by atoms with Crippen LogP contribution in [0.15, 0.2) is 30.3 Å². The number of thioether (sulfide) groups is 1. The van der Waals surface area contributed by atoms with Gasteiger partial charge in [-0.05, 0) is 24.0 Å². The normalized spacial score (nSPS) is 13.9. The van der Waals surface area contributed by atoms with E-state index in [1.54, 1.807) is 36.6 Å². The van der Waals surface area contributed by atoms with E-state index >= 15 is 0 Å². The standard InChI is InChI=1S/C22H30N4O9S/c1-36-8-7-14(20(32)26-16(22(34)35)9-12-5-3-2-4-6-12)24-21(33)15(11-18(29)30)25-19(31)13(23)10-17(27)28/h2-6,13-16H,7-11,23H2,1H3,(H,24,33)(H,25,31)(H,26,32)(H,27,28)(H,29,30)(H,34,35). The Bertz CT molecular complexity index is 945. The molecule has 0 radical (unpaired) electrons. The summed E-state index contributed by atoms with van der Waals surface area (Å²) in [5, 5.41) is 34.3. The Hall–Kier alpha value is -3.65. The van der Waals surface area contributed by atoms with Crippen LogP contribution >= 0.6 is 11.8 Å². The van der Waals surface area contributed by atoms with Crippen molar-refractivity contribution in [2.75, 3.05) is 12.0 Å². The van der Waals surface area contributed by atoms with Crippen LogP contribution in [0.25, 0.3) is 0 Å². The van der Waals surface area contributed by atoms with E-state index in [9.17, 15) is 33.9 Å². The third-order valence-corrected chi connectivity index (χ3v) is 5.53. The molecule has 36 heavy (non-hydrogen) atoms. The van der Waals surface area contributed by atoms with Crippen LogP contribution in [-0.4, -0.2) is 87.1 Å². The van der Waals surface area contributed by atoms with E-state index in [0.717, 1.165) is 0 Å². The number of benzene rings is 1. The minimum atomic E-state index is -1.65. The first-order valence-corrected chi connectivity index (χ1v) is 12.2. The monoisotopic (exact) mass is 526 g/mol. The molecule has 0 saturated heterocycles. The Labute approximate surface area is 211 Å². The van der Waals surface area contributed by atoms with E-state index in [0.29, 0.717) is 11.3 Å². The smallest absolute Gasteiger partial charge is 0.326 e. The largest absolute Gasteiger partial charge is 0.481 e. The molecule has 198 valence electrons. The zero-order chi connectivity index (χ0) is 27.3. The molecule has 14 heteroatoms. The molecule has 0 heterocycles. The van der Waals surface area contributed by atoms with Crippen molar-refractivity contribution in [1.29, 1.82) is 0 Å². The molecule has 8 N–H and O–H groups in total. The lowest BCUT2D eigenvalue weighted by Gasteiger charge is -2.24. The Balaban J connectivity index is 2.99. The van der Waals surface area contributed by atoms with Crippen molar-refractivity contribution in [1.82, 2.24) is 16.0 Å². The number of carbonyl (C=O) groups excluding carboxylic acids is 3. The fourth-order valence-electron chi connectivity index (χ4n) is 3.04. The van der Waals surface area contributed by atoms with E-state index in [4.69, 9.17) is 15.9 Å². The average molecular weight is 527 g/mol. The zero-order valence-corrected chi connectivity index (χ0v) is 20.3. The Morgan fingerprint density at radius 2 is 1.33 bits per heavy atom. The summed E-state index contributed by atoms with van der Waals surface area (Å²) in [6.45, 7) is 0. The topological polar surface area (TPSA) is 225 Å². The minimum absolute atomic E-state index is 0.00965. The fourth-order valence-corrected chi connectivity index (χ4v) is 3.51. The van der Waals surface area contributed by atoms with E-state index in [1.807, 2.05) is 0 Å². The molecule has 0 spiro atoms. The predicted octanol–water partition coefficient (Wildman–Crippen LogP) is -1.20. The van der Waals surface area contributed by atoms with Gasteiger partial charge < -0.3 is 37.0 Å². The van der Waals surface area contributed by atoms with Gasteiger partial charge in [-0.3, -0.25) is 24.0 Å². The molecular weight excluding hydrogens is 496 g/mol. The number of nitrogens with two attached hydrogens (primary N) is 1. The van der Waals surface area contributed by atoms with Gasteiger partial charge in [0.2, 0.25) is 17.7 Å². The summed E-state index contributed by atoms with van der Waals surface area (Å²) in [6.07, 6.45) is 0.223. The highest BCUT2D eigenvalue weighted by atomic mass is 32.2. The van der Waals surface area contributed by atoms with Crippen molar-refractivity contribution in [2.45, 2.75) is 49.9 Å². The number of rotatable bonds is 16. The Morgan fingerprint density at radius 1 is 0.806 bits per heavy atom. The highest BCUT2D eigenvalue weighted by Gasteiger charge is 2.31. The Morgan fingerprint density at radius 3 is 1.86 bits per heavy atom. The number of aliphatic carboxylic acids is 3. The highest BCUT2D eigenvalue weighted by Crippen LogP contribution is 2.07. The van der Waals surface area contributed by atoms with Gasteiger partial charge in [-0.15, -0.1) is 0 Å². The highest BCUT2D eigenvalue weighted by molar-refractivity contribution is 7.98. The van der Waals surface area contributed by atoms with Crippen LogP contribution in [0.2, 0.25) is 0 Å². The molecule has 0 fully saturated rings. The SMILES string of the molecule is CSCCC(NC(=O)C(CC(=O)O)NC(=O)C(N)CC(=O)O)C(=O)NC(Cc1ccccc1)C(=O)O. The number of carboxylic acids is 3. The van der Waals surface area contributed by atoms with Gasteiger partial charge in [0.25, 0.3) is 0 Å². The van der Waals surface area contributed by atoms with E-state index in [2.05, 4.69) is 16.0 Å². The summed E-state index contributed by atoms with van der Waals surface area (Å²) in [5.74, 6) is -6.58. The number of carboxylic acid groups (broad SMARTS) is 3. The molecule has 13 nitrogen and oxygen atoms in total. The summed E-state index contributed by atoms with van der Waals surface area (Å²) in [7, 11) is 0. The second-order valence-corrected chi connectivity index (χ2v) is 8.78. The van der Waals surface area contributed by atoms with E-state index < -0.39 is 72.6 Å². The molecule has 4 unspecified atom stereocenters. The van der Waals surface area contributed by atoms with Crippen LogP contribution in [0, 0.1) is 0 Å². The van der Waals surface area contributed by atoms with Gasteiger partial charge in [-0.2, -0.15) is 11.8 Å². The van der Waals surface area contributed by atoms with Crippen molar-refractivity contribution >= 4 is 47.4 Å². The lowest BCUT2D eigenvalue weighted by molar-refractivity contribution is -0.143. The van der Waals surface area contributed by atoms with E-state index in [1.165, 1.54) is 11.8 Å². The molecule has 1 aromatic carbocycles. The van der Waals surface area contributed by atoms with Gasteiger partial charge in [-0.25, -0.2) is 4.79 Å². The molecule has 1 rings (SSSR count). The van der Waals surface area contributed by atoms with E-state index in [-0.39, 0.29) is 12.8 Å². The summed E-state index contributed by atoms with van der Waals surface area (Å²) >= 11 is 1.36. The molecule has 0 aromatic heterocycles. The first kappa shape index (κ1) is 30.4. The third-order valence-electron chi connectivity index (χ3n) is 4.88. The summed E-state index contributed by atoms with van der Waals surface area (Å²) in [6, 6.07) is 2.88. The van der Waals surface area contributed by atoms with Crippen molar-refractivity contribution in [3.8, 4) is 0 Å². The predicted molar refractivity (Wildman–Crippen MR) is 129 cm³/mol. The molecule has 0 aliphatic heterocycles. The fraction of sp³-hybridized carbons (Fsp3) is 0.455. The van der Waals surface area contributed by atoms with Crippen molar-refractivity contribution in [3.05, 3.63) is 35.9 Å². The van der Waals surface area contributed by atoms with Gasteiger partial charge in [0.1, 0.15) is 18.1 Å². The molecule has 3 amide bonds. The molecular formula is C22H30N4O9S. The van der Waals surface area contributed by atoms with Crippen molar-refractivity contribution < 1.29 is 44.1 Å². The minimum Gasteiger partial charge on any atom is -0.481 e. The van der Waals surface area contributed by atoms with Crippen LogP contribution in [0.4, 0.5) is 0 Å². The lowest BCUT2D eigenvalue weighted by atomic mass is 10.0. The number of carbonyl (C=O) groups is 6. The first-order chi connectivity index (χ1) is 16.9. The average Bonchev–Trinajstić information content (AvgIpc) is 2.80. The summed E-state index contributed by atoms with van der Waals surface area (Å²) in [4.78, 5) is 71.5. The Kier molecular flexibility index (Phi) is 13.0. The molecule has 0 aliphatic rings. The van der Waals surface area contributed by atoms with Gasteiger partial charge in [-0.1, -0.05) is 30.3 Å². The summed E-state index contributed by atoms with van der Waals surface area (Å²) in [5.41, 5.74) is 6.13. The van der Waals surface area contributed by atoms with Gasteiger partial charge in [0, 0.05) is 6.42 Å². The quantitative estimate of drug-likeness (QED) is 0.135. The number of hydrogen-bond donors (Lipinski definition) is 7. The van der Waals surface area contributed by atoms with Crippen LogP contribution in [0.3, 0.4) is 0 Å². The maximum Gasteiger partial charge on any atom is 0.326 e. The van der Waals surface area contributed by atoms with Crippen LogP contribution in [-0.2, 0) is 35.2 Å². The van der Waals surface area contributed by atoms with Crippen molar-refractivity contribution in [2.24, 2.45) is 5.73 Å². The molecule has 4 atom stereocenters. The van der Waals surface area contributed by atoms with Gasteiger partial charge in [0.15, 0.2) is 0 Å². The second kappa shape index (κ2) is 15.4. The van der Waals surface area contributed by atoms with Gasteiger partial charge in [0.05, 0.1) is 18.9 Å². The number of hydrogen-bond acceptors (Lipinski definition) is 8. The summed E-state index contributed by atoms with van der Waals surface area (Å²) < 4.78 is 0. The zero-order valence-electron chi connectivity index (χ0n) is 19.5. The first-order valence-electron chi connectivity index (χ1n) is 10.8. The maximum absolute atomic E-state index is 12.9. The second-order valence-electron chi connectivity index (χ2n) is 7.80. The molecule has 1 aromatic rings. The van der Waals surface area contributed by atoms with Crippen LogP contribution in [0.5, 0.6) is 0 Å². The third kappa shape index (κ3) is 11.2.